The van der Waals surface area contributed by atoms with E-state index in [1.807, 2.05) is 0 Å². The minimum absolute atomic E-state index is 0.0137. The maximum absolute atomic E-state index is 10.3. The highest BCUT2D eigenvalue weighted by atomic mass is 16.6. The van der Waals surface area contributed by atoms with E-state index in [0.29, 0.717) is 5.57 Å². The predicted octanol–water partition coefficient (Wildman–Crippen LogP) is -0.898. The first kappa shape index (κ1) is 10.9. The molecule has 0 radical (unpaired) electrons. The molecule has 4 N–H and O–H groups in total. The fraction of sp³-hybridized carbons (Fsp3) is 0.800. The van der Waals surface area contributed by atoms with Crippen LogP contribution < -0.4 is 0 Å². The van der Waals surface area contributed by atoms with Crippen molar-refractivity contribution in [2.24, 2.45) is 5.92 Å². The van der Waals surface area contributed by atoms with Gasteiger partial charge < -0.3 is 25.2 Å². The summed E-state index contributed by atoms with van der Waals surface area (Å²) in [4.78, 5) is 0. The van der Waals surface area contributed by atoms with Gasteiger partial charge in [-0.1, -0.05) is 0 Å². The van der Waals surface area contributed by atoms with Gasteiger partial charge >= 0.3 is 0 Å². The van der Waals surface area contributed by atoms with Crippen molar-refractivity contribution < 1.29 is 25.2 Å². The van der Waals surface area contributed by atoms with E-state index >= 15 is 0 Å². The third kappa shape index (κ3) is 1.24. The first-order valence-electron chi connectivity index (χ1n) is 4.93. The molecule has 1 saturated carbocycles. The van der Waals surface area contributed by atoms with Gasteiger partial charge in [-0.3, -0.25) is 0 Å². The average molecular weight is 216 g/mol. The average Bonchev–Trinajstić information content (AvgIpc) is 2.28. The van der Waals surface area contributed by atoms with E-state index in [-0.39, 0.29) is 6.42 Å². The first-order chi connectivity index (χ1) is 6.80. The van der Waals surface area contributed by atoms with Crippen molar-refractivity contribution in [3.63, 3.8) is 0 Å². The van der Waals surface area contributed by atoms with Gasteiger partial charge in [0, 0.05) is 6.42 Å². The Kier molecular flexibility index (Phi) is 2.14. The Hall–Kier alpha value is -0.620. The summed E-state index contributed by atoms with van der Waals surface area (Å²) in [5.41, 5.74) is -2.52. The van der Waals surface area contributed by atoms with Crippen LogP contribution in [0.1, 0.15) is 20.3 Å². The van der Waals surface area contributed by atoms with Gasteiger partial charge in [0.25, 0.3) is 0 Å². The molecule has 0 aromatic heterocycles. The summed E-state index contributed by atoms with van der Waals surface area (Å²) in [5.74, 6) is -0.926. The van der Waals surface area contributed by atoms with Crippen LogP contribution in [0.15, 0.2) is 11.8 Å². The summed E-state index contributed by atoms with van der Waals surface area (Å²) >= 11 is 0. The molecule has 2 rings (SSSR count). The smallest absolute Gasteiger partial charge is 0.205 e. The van der Waals surface area contributed by atoms with Crippen LogP contribution in [0.5, 0.6) is 0 Å². The Morgan fingerprint density at radius 3 is 2.53 bits per heavy atom. The van der Waals surface area contributed by atoms with Crippen molar-refractivity contribution in [1.82, 2.24) is 0 Å². The lowest BCUT2D eigenvalue weighted by Gasteiger charge is -2.41. The summed E-state index contributed by atoms with van der Waals surface area (Å²) in [7, 11) is 0. The van der Waals surface area contributed by atoms with Crippen LogP contribution in [-0.2, 0) is 4.74 Å². The first-order valence-corrected chi connectivity index (χ1v) is 4.93. The van der Waals surface area contributed by atoms with E-state index in [0.717, 1.165) is 0 Å². The van der Waals surface area contributed by atoms with E-state index < -0.39 is 29.5 Å². The summed E-state index contributed by atoms with van der Waals surface area (Å²) in [6.07, 6.45) is -1.15. The fourth-order valence-corrected chi connectivity index (χ4v) is 2.73. The van der Waals surface area contributed by atoms with Crippen LogP contribution in [0.4, 0.5) is 0 Å². The molecule has 0 amide bonds. The fourth-order valence-electron chi connectivity index (χ4n) is 2.73. The molecule has 2 aliphatic rings. The van der Waals surface area contributed by atoms with Crippen LogP contribution in [-0.4, -0.2) is 44.0 Å². The Bertz CT molecular complexity index is 311. The maximum atomic E-state index is 10.3. The standard InChI is InChI=1S/C10H16O5/c1-5-4-15-8(12)7-9(2,13)3-6(11)10(5,7)14/h4,6-8,11-14H,3H2,1-2H3/t6-,7-,8+,9+,10-/m1/s1. The number of ether oxygens (including phenoxy) is 1. The van der Waals surface area contributed by atoms with Crippen molar-refractivity contribution in [3.8, 4) is 0 Å². The van der Waals surface area contributed by atoms with E-state index in [4.69, 9.17) is 4.74 Å². The highest BCUT2D eigenvalue weighted by molar-refractivity contribution is 5.27. The number of aliphatic hydroxyl groups is 4. The number of fused-ring (bicyclic) bond motifs is 1. The van der Waals surface area contributed by atoms with Crippen molar-refractivity contribution in [3.05, 3.63) is 11.8 Å². The van der Waals surface area contributed by atoms with Crippen LogP contribution in [0, 0.1) is 5.92 Å². The van der Waals surface area contributed by atoms with Gasteiger partial charge in [-0.05, 0) is 19.4 Å². The molecule has 0 aromatic rings. The molecule has 1 fully saturated rings. The quantitative estimate of drug-likeness (QED) is 0.421. The second-order valence-corrected chi connectivity index (χ2v) is 4.71. The molecular formula is C10H16O5. The van der Waals surface area contributed by atoms with E-state index in [9.17, 15) is 20.4 Å². The molecule has 0 unspecified atom stereocenters. The van der Waals surface area contributed by atoms with Gasteiger partial charge in [0.05, 0.1) is 23.9 Å². The molecule has 0 saturated heterocycles. The number of aliphatic hydroxyl groups excluding tert-OH is 2. The number of hydrogen-bond acceptors (Lipinski definition) is 5. The molecule has 1 aliphatic heterocycles. The van der Waals surface area contributed by atoms with Gasteiger partial charge in [0.1, 0.15) is 5.60 Å². The van der Waals surface area contributed by atoms with Gasteiger partial charge in [-0.25, -0.2) is 0 Å². The van der Waals surface area contributed by atoms with E-state index in [2.05, 4.69) is 0 Å². The van der Waals surface area contributed by atoms with Crippen LogP contribution >= 0.6 is 0 Å². The highest BCUT2D eigenvalue weighted by Crippen LogP contribution is 2.50. The number of rotatable bonds is 0. The molecule has 0 aromatic carbocycles. The molecule has 0 spiro atoms. The second-order valence-electron chi connectivity index (χ2n) is 4.71. The van der Waals surface area contributed by atoms with Crippen molar-refractivity contribution in [1.29, 1.82) is 0 Å². The lowest BCUT2D eigenvalue weighted by Crippen LogP contribution is -2.55. The van der Waals surface area contributed by atoms with E-state index in [1.165, 1.54) is 13.2 Å². The summed E-state index contributed by atoms with van der Waals surface area (Å²) < 4.78 is 4.92. The zero-order chi connectivity index (χ0) is 11.4. The van der Waals surface area contributed by atoms with Crippen molar-refractivity contribution >= 4 is 0 Å². The second kappa shape index (κ2) is 2.95. The molecule has 1 heterocycles. The summed E-state index contributed by atoms with van der Waals surface area (Å²) in [6.45, 7) is 3.08. The van der Waals surface area contributed by atoms with Crippen LogP contribution in [0.3, 0.4) is 0 Å². The van der Waals surface area contributed by atoms with Crippen LogP contribution in [0.25, 0.3) is 0 Å². The SMILES string of the molecule is CC1=CO[C@H](O)[C@H]2[C@]1(O)[C@H](O)C[C@]2(C)O. The molecule has 15 heavy (non-hydrogen) atoms. The molecule has 5 atom stereocenters. The summed E-state index contributed by atoms with van der Waals surface area (Å²) in [6, 6.07) is 0. The van der Waals surface area contributed by atoms with Crippen LogP contribution in [0.2, 0.25) is 0 Å². The predicted molar refractivity (Wildman–Crippen MR) is 50.5 cm³/mol. The largest absolute Gasteiger partial charge is 0.472 e. The normalized spacial score (nSPS) is 54.5. The minimum Gasteiger partial charge on any atom is -0.472 e. The Labute approximate surface area is 87.6 Å². The van der Waals surface area contributed by atoms with Gasteiger partial charge in [-0.15, -0.1) is 0 Å². The number of hydrogen-bond donors (Lipinski definition) is 4. The molecule has 86 valence electrons. The molecular weight excluding hydrogens is 200 g/mol. The topological polar surface area (TPSA) is 90.2 Å². The van der Waals surface area contributed by atoms with Crippen molar-refractivity contribution in [2.75, 3.05) is 0 Å². The maximum Gasteiger partial charge on any atom is 0.205 e. The Morgan fingerprint density at radius 2 is 2.00 bits per heavy atom. The Balaban J connectivity index is 2.50. The minimum atomic E-state index is -1.60. The lowest BCUT2D eigenvalue weighted by molar-refractivity contribution is -0.206. The highest BCUT2D eigenvalue weighted by Gasteiger charge is 2.64. The zero-order valence-corrected chi connectivity index (χ0v) is 8.71. The lowest BCUT2D eigenvalue weighted by atomic mass is 9.77. The molecule has 5 nitrogen and oxygen atoms in total. The molecule has 0 bridgehead atoms. The van der Waals surface area contributed by atoms with E-state index in [1.54, 1.807) is 6.92 Å². The zero-order valence-electron chi connectivity index (χ0n) is 8.71. The van der Waals surface area contributed by atoms with Gasteiger partial charge in [0.2, 0.25) is 6.29 Å². The third-order valence-electron chi connectivity index (χ3n) is 3.56. The molecule has 5 heteroatoms. The van der Waals surface area contributed by atoms with Crippen molar-refractivity contribution in [2.45, 2.75) is 43.9 Å². The van der Waals surface area contributed by atoms with Gasteiger partial charge in [-0.2, -0.15) is 0 Å². The molecule has 1 aliphatic carbocycles. The van der Waals surface area contributed by atoms with Gasteiger partial charge in [0.15, 0.2) is 0 Å². The Morgan fingerprint density at radius 1 is 1.40 bits per heavy atom. The monoisotopic (exact) mass is 216 g/mol. The summed E-state index contributed by atoms with van der Waals surface area (Å²) in [5, 5.41) is 39.8. The third-order valence-corrected chi connectivity index (χ3v) is 3.56.